The molecule has 0 radical (unpaired) electrons. The van der Waals surface area contributed by atoms with Crippen molar-refractivity contribution in [3.05, 3.63) is 0 Å². The fourth-order valence-corrected chi connectivity index (χ4v) is 12.0. The summed E-state index contributed by atoms with van der Waals surface area (Å²) in [5.74, 6) is 0.808. The number of phosphoric ester groups is 2. The molecular formula is C70H136O17P2. The number of aliphatic hydroxyl groups is 1. The van der Waals surface area contributed by atoms with Crippen molar-refractivity contribution in [1.82, 2.24) is 0 Å². The Morgan fingerprint density at radius 1 is 0.315 bits per heavy atom. The molecule has 0 amide bonds. The predicted octanol–water partition coefficient (Wildman–Crippen LogP) is 19.7. The summed E-state index contributed by atoms with van der Waals surface area (Å²) in [5.41, 5.74) is 0. The first-order valence-corrected chi connectivity index (χ1v) is 39.2. The lowest BCUT2D eigenvalue weighted by Gasteiger charge is -2.21. The zero-order valence-corrected chi connectivity index (χ0v) is 59.8. The highest BCUT2D eigenvalue weighted by Crippen LogP contribution is 2.45. The first-order valence-electron chi connectivity index (χ1n) is 36.2. The number of phosphoric acid groups is 2. The molecule has 0 aliphatic carbocycles. The molecule has 0 spiro atoms. The molecule has 0 aromatic rings. The number of esters is 4. The summed E-state index contributed by atoms with van der Waals surface area (Å²) in [4.78, 5) is 72.4. The molecule has 6 atom stereocenters. The van der Waals surface area contributed by atoms with Gasteiger partial charge in [-0.1, -0.05) is 293 Å². The number of ether oxygens (including phenoxy) is 4. The van der Waals surface area contributed by atoms with Crippen molar-refractivity contribution < 1.29 is 80.2 Å². The van der Waals surface area contributed by atoms with Gasteiger partial charge in [-0.15, -0.1) is 0 Å². The molecule has 0 aromatic carbocycles. The van der Waals surface area contributed by atoms with Gasteiger partial charge in [-0.05, 0) is 49.4 Å². The molecule has 0 fully saturated rings. The van der Waals surface area contributed by atoms with Gasteiger partial charge in [-0.25, -0.2) is 9.13 Å². The highest BCUT2D eigenvalue weighted by atomic mass is 31.2. The summed E-state index contributed by atoms with van der Waals surface area (Å²) in [6.07, 6.45) is 42.0. The maximum atomic E-state index is 13.0. The van der Waals surface area contributed by atoms with Crippen molar-refractivity contribution in [3.63, 3.8) is 0 Å². The maximum Gasteiger partial charge on any atom is 0.472 e. The second kappa shape index (κ2) is 59.8. The van der Waals surface area contributed by atoms with Gasteiger partial charge in [0.1, 0.15) is 19.3 Å². The second-order valence-electron chi connectivity index (χ2n) is 26.9. The standard InChI is InChI=1S/C70H136O17P2/c1-9-63(8)49-41-33-27-29-37-45-53-70(75)87-66(57-81-68(73)51-43-35-28-26-32-40-48-62(6)7)59-85-89(78,79)83-55-64(71)54-82-88(76,77)84-58-65(86-69(74)52-44-36-25-21-17-19-23-31-39-47-61(4)5)56-80-67(72)50-42-34-24-20-16-14-12-10-11-13-15-18-22-30-38-46-60(2)3/h60-66,71H,9-59H2,1-8H3,(H,76,77)(H,78,79)/t63?,64-,65-,66-/m1/s1. The second-order valence-corrected chi connectivity index (χ2v) is 29.8. The number of hydrogen-bond donors (Lipinski definition) is 3. The molecule has 0 aliphatic rings. The number of rotatable bonds is 67. The van der Waals surface area contributed by atoms with E-state index >= 15 is 0 Å². The minimum Gasteiger partial charge on any atom is -0.462 e. The van der Waals surface area contributed by atoms with E-state index in [9.17, 15) is 43.2 Å². The SMILES string of the molecule is CCC(C)CCCCCCCCC(=O)O[C@H](COC(=O)CCCCCCCCC(C)C)COP(=O)(O)OC[C@H](O)COP(=O)(O)OC[C@@H](COC(=O)CCCCCCCCCCCCCCCCCC(C)C)OC(=O)CCCCCCCCCCCC(C)C. The normalized spacial score (nSPS) is 14.6. The van der Waals surface area contributed by atoms with E-state index in [0.29, 0.717) is 31.6 Å². The molecule has 0 rings (SSSR count). The maximum absolute atomic E-state index is 13.0. The van der Waals surface area contributed by atoms with Crippen molar-refractivity contribution in [2.24, 2.45) is 23.7 Å². The summed E-state index contributed by atoms with van der Waals surface area (Å²) in [6, 6.07) is 0. The molecule has 3 unspecified atom stereocenters. The number of hydrogen-bond acceptors (Lipinski definition) is 15. The molecule has 0 bridgehead atoms. The van der Waals surface area contributed by atoms with Gasteiger partial charge in [0.05, 0.1) is 26.4 Å². The Kier molecular flexibility index (Phi) is 58.5. The molecule has 89 heavy (non-hydrogen) atoms. The van der Waals surface area contributed by atoms with Crippen LogP contribution in [-0.2, 0) is 65.4 Å². The van der Waals surface area contributed by atoms with Crippen molar-refractivity contribution in [1.29, 1.82) is 0 Å². The number of carbonyl (C=O) groups is 4. The van der Waals surface area contributed by atoms with Crippen LogP contribution in [0.4, 0.5) is 0 Å². The molecule has 17 nitrogen and oxygen atoms in total. The fourth-order valence-electron chi connectivity index (χ4n) is 10.5. The van der Waals surface area contributed by atoms with Crippen molar-refractivity contribution in [3.8, 4) is 0 Å². The predicted molar refractivity (Wildman–Crippen MR) is 358 cm³/mol. The Bertz CT molecular complexity index is 1770. The van der Waals surface area contributed by atoms with Gasteiger partial charge < -0.3 is 33.8 Å². The fraction of sp³-hybridized carbons (Fsp3) is 0.943. The summed E-state index contributed by atoms with van der Waals surface area (Å²) in [6.45, 7) is 14.0. The van der Waals surface area contributed by atoms with Crippen LogP contribution in [0.3, 0.4) is 0 Å². The van der Waals surface area contributed by atoms with Crippen LogP contribution in [0.1, 0.15) is 344 Å². The third-order valence-corrected chi connectivity index (χ3v) is 18.3. The lowest BCUT2D eigenvalue weighted by Crippen LogP contribution is -2.30. The first-order chi connectivity index (χ1) is 42.6. The van der Waals surface area contributed by atoms with E-state index in [4.69, 9.17) is 37.0 Å². The van der Waals surface area contributed by atoms with Gasteiger partial charge in [0.25, 0.3) is 0 Å². The summed E-state index contributed by atoms with van der Waals surface area (Å²) in [7, 11) is -9.90. The minimum absolute atomic E-state index is 0.101. The molecule has 0 aromatic heterocycles. The summed E-state index contributed by atoms with van der Waals surface area (Å²) < 4.78 is 68.2. The van der Waals surface area contributed by atoms with Crippen LogP contribution in [0.2, 0.25) is 0 Å². The van der Waals surface area contributed by atoms with E-state index < -0.39 is 97.5 Å². The zero-order chi connectivity index (χ0) is 66.1. The van der Waals surface area contributed by atoms with Gasteiger partial charge >= 0.3 is 39.5 Å². The van der Waals surface area contributed by atoms with Crippen LogP contribution in [0.15, 0.2) is 0 Å². The Labute approximate surface area is 543 Å². The van der Waals surface area contributed by atoms with Crippen LogP contribution in [-0.4, -0.2) is 96.7 Å². The summed E-state index contributed by atoms with van der Waals surface area (Å²) in [5, 5.41) is 10.6. The molecular weight excluding hydrogens is 1170 g/mol. The third-order valence-electron chi connectivity index (χ3n) is 16.4. The molecule has 528 valence electrons. The van der Waals surface area contributed by atoms with Gasteiger partial charge in [-0.3, -0.25) is 37.3 Å². The molecule has 0 aliphatic heterocycles. The molecule has 0 saturated carbocycles. The van der Waals surface area contributed by atoms with Crippen molar-refractivity contribution >= 4 is 39.5 Å². The minimum atomic E-state index is -4.95. The Hall–Kier alpha value is -1.94. The highest BCUT2D eigenvalue weighted by Gasteiger charge is 2.30. The van der Waals surface area contributed by atoms with Crippen LogP contribution in [0, 0.1) is 23.7 Å². The van der Waals surface area contributed by atoms with E-state index in [2.05, 4.69) is 55.4 Å². The Morgan fingerprint density at radius 2 is 0.539 bits per heavy atom. The average molecular weight is 1310 g/mol. The van der Waals surface area contributed by atoms with Crippen molar-refractivity contribution in [2.75, 3.05) is 39.6 Å². The largest absolute Gasteiger partial charge is 0.472 e. The Balaban J connectivity index is 5.20. The number of carbonyl (C=O) groups excluding carboxylic acids is 4. The quantitative estimate of drug-likeness (QED) is 0.0222. The third kappa shape index (κ3) is 63.2. The Morgan fingerprint density at radius 3 is 0.798 bits per heavy atom. The van der Waals surface area contributed by atoms with Crippen molar-refractivity contribution in [2.45, 2.75) is 363 Å². The van der Waals surface area contributed by atoms with Gasteiger partial charge in [0.2, 0.25) is 0 Å². The van der Waals surface area contributed by atoms with Crippen LogP contribution < -0.4 is 0 Å². The van der Waals surface area contributed by atoms with Crippen LogP contribution in [0.5, 0.6) is 0 Å². The average Bonchev–Trinajstić information content (AvgIpc) is 3.67. The van der Waals surface area contributed by atoms with Gasteiger partial charge in [-0.2, -0.15) is 0 Å². The monoisotopic (exact) mass is 1310 g/mol. The van der Waals surface area contributed by atoms with E-state index in [1.807, 2.05) is 0 Å². The number of aliphatic hydroxyl groups excluding tert-OH is 1. The van der Waals surface area contributed by atoms with E-state index in [-0.39, 0.29) is 25.7 Å². The molecule has 0 saturated heterocycles. The van der Waals surface area contributed by atoms with E-state index in [1.54, 1.807) is 0 Å². The molecule has 0 heterocycles. The topological polar surface area (TPSA) is 237 Å². The van der Waals surface area contributed by atoms with Crippen LogP contribution in [0.25, 0.3) is 0 Å². The molecule has 3 N–H and O–H groups in total. The van der Waals surface area contributed by atoms with Gasteiger partial charge in [0, 0.05) is 25.7 Å². The molecule has 19 heteroatoms. The lowest BCUT2D eigenvalue weighted by molar-refractivity contribution is -0.161. The lowest BCUT2D eigenvalue weighted by atomic mass is 10.00. The van der Waals surface area contributed by atoms with Gasteiger partial charge in [0.15, 0.2) is 12.2 Å². The number of unbranched alkanes of at least 4 members (excludes halogenated alkanes) is 32. The highest BCUT2D eigenvalue weighted by molar-refractivity contribution is 7.47. The first kappa shape index (κ1) is 87.1. The van der Waals surface area contributed by atoms with Crippen LogP contribution >= 0.6 is 15.6 Å². The summed E-state index contributed by atoms with van der Waals surface area (Å²) >= 11 is 0. The van der Waals surface area contributed by atoms with E-state index in [1.165, 1.54) is 141 Å². The smallest absolute Gasteiger partial charge is 0.462 e. The van der Waals surface area contributed by atoms with E-state index in [0.717, 1.165) is 114 Å². The zero-order valence-electron chi connectivity index (χ0n) is 58.1.